The van der Waals surface area contributed by atoms with Gasteiger partial charge in [-0.05, 0) is 34.6 Å². The van der Waals surface area contributed by atoms with Gasteiger partial charge in [0, 0.05) is 25.2 Å². The fourth-order valence-electron chi connectivity index (χ4n) is 1.84. The lowest BCUT2D eigenvalue weighted by Gasteiger charge is -2.30. The number of carbonyl (C=O) groups excluding carboxylic acids is 1. The summed E-state index contributed by atoms with van der Waals surface area (Å²) in [4.78, 5) is 14.0. The normalized spacial score (nSPS) is 24.2. The Balaban J connectivity index is 2.25. The molecule has 0 aliphatic carbocycles. The molecule has 4 heteroatoms. The van der Waals surface area contributed by atoms with Gasteiger partial charge in [0.2, 0.25) is 0 Å². The predicted octanol–water partition coefficient (Wildman–Crippen LogP) is 1.01. The molecule has 4 nitrogen and oxygen atoms in total. The third-order valence-electron chi connectivity index (χ3n) is 3.04. The topological polar surface area (TPSA) is 44.9 Å². The van der Waals surface area contributed by atoms with Crippen LogP contribution in [0.3, 0.4) is 0 Å². The first kappa shape index (κ1) is 13.5. The van der Waals surface area contributed by atoms with Gasteiger partial charge >= 0.3 is 0 Å². The zero-order valence-electron chi connectivity index (χ0n) is 11.0. The number of ether oxygens (including phenoxy) is 1. The molecule has 0 radical (unpaired) electrons. The first-order valence-corrected chi connectivity index (χ1v) is 6.05. The first-order chi connectivity index (χ1) is 7.37. The highest BCUT2D eigenvalue weighted by molar-refractivity contribution is 5.87. The second-order valence-electron chi connectivity index (χ2n) is 5.20. The van der Waals surface area contributed by atoms with Gasteiger partial charge in [-0.2, -0.15) is 0 Å². The molecule has 16 heavy (non-hydrogen) atoms. The zero-order valence-corrected chi connectivity index (χ0v) is 11.0. The van der Waals surface area contributed by atoms with Gasteiger partial charge in [-0.25, -0.2) is 0 Å². The Kier molecular flexibility index (Phi) is 4.33. The summed E-state index contributed by atoms with van der Waals surface area (Å²) in [5, 5.41) is 2.92. The summed E-state index contributed by atoms with van der Waals surface area (Å²) in [5.41, 5.74) is -0.541. The molecule has 1 unspecified atom stereocenters. The van der Waals surface area contributed by atoms with E-state index in [1.54, 1.807) is 0 Å². The molecule has 1 heterocycles. The summed E-state index contributed by atoms with van der Waals surface area (Å²) in [6.07, 6.45) is 0. The quantitative estimate of drug-likeness (QED) is 0.690. The van der Waals surface area contributed by atoms with Gasteiger partial charge in [0.05, 0.1) is 6.61 Å². The maximum atomic E-state index is 11.6. The molecule has 1 atom stereocenters. The Hall–Kier alpha value is -0.610. The van der Waals surface area contributed by atoms with Gasteiger partial charge in [0.25, 0.3) is 5.91 Å². The third-order valence-corrected chi connectivity index (χ3v) is 3.04. The summed E-state index contributed by atoms with van der Waals surface area (Å²) >= 11 is 0. The summed E-state index contributed by atoms with van der Waals surface area (Å²) in [5.74, 6) is 0.0139. The number of carbonyl (C=O) groups is 1. The van der Waals surface area contributed by atoms with Crippen LogP contribution in [-0.2, 0) is 9.53 Å². The van der Waals surface area contributed by atoms with Gasteiger partial charge in [-0.1, -0.05) is 0 Å². The molecule has 1 aliphatic rings. The van der Waals surface area contributed by atoms with E-state index in [0.717, 1.165) is 6.54 Å². The Morgan fingerprint density at radius 3 is 2.25 bits per heavy atom. The molecule has 1 rings (SSSR count). The molecule has 0 aromatic heterocycles. The van der Waals surface area contributed by atoms with Crippen LogP contribution in [0.15, 0.2) is 0 Å². The van der Waals surface area contributed by atoms with E-state index in [1.165, 1.54) is 0 Å². The van der Waals surface area contributed by atoms with Crippen LogP contribution in [0.1, 0.15) is 34.6 Å². The maximum absolute atomic E-state index is 11.6. The Bertz CT molecular complexity index is 239. The number of epoxide rings is 1. The van der Waals surface area contributed by atoms with Crippen molar-refractivity contribution >= 4 is 5.91 Å². The minimum Gasteiger partial charge on any atom is -0.359 e. The van der Waals surface area contributed by atoms with Crippen molar-refractivity contribution in [2.75, 3.05) is 19.7 Å². The molecule has 1 N–H and O–H groups in total. The lowest BCUT2D eigenvalue weighted by atomic mass is 10.2. The van der Waals surface area contributed by atoms with Crippen LogP contribution < -0.4 is 5.32 Å². The standard InChI is InChI=1S/C12H24N2O2/c1-9(2)14(10(3)4)7-6-13-11(15)12(5)8-16-12/h9-10H,6-8H2,1-5H3,(H,13,15). The zero-order chi connectivity index (χ0) is 12.3. The smallest absolute Gasteiger partial charge is 0.254 e. The molecular formula is C12H24N2O2. The van der Waals surface area contributed by atoms with Crippen molar-refractivity contribution in [2.45, 2.75) is 52.3 Å². The second-order valence-corrected chi connectivity index (χ2v) is 5.20. The average Bonchev–Trinajstić information content (AvgIpc) is 2.90. The van der Waals surface area contributed by atoms with Crippen LogP contribution in [0.5, 0.6) is 0 Å². The number of rotatable bonds is 6. The molecule has 1 fully saturated rings. The maximum Gasteiger partial charge on any atom is 0.254 e. The van der Waals surface area contributed by atoms with Gasteiger partial charge < -0.3 is 10.1 Å². The van der Waals surface area contributed by atoms with Crippen LogP contribution in [-0.4, -0.2) is 48.2 Å². The van der Waals surface area contributed by atoms with E-state index < -0.39 is 5.60 Å². The van der Waals surface area contributed by atoms with Crippen molar-refractivity contribution in [3.63, 3.8) is 0 Å². The average molecular weight is 228 g/mol. The molecule has 1 amide bonds. The number of hydrogen-bond donors (Lipinski definition) is 1. The predicted molar refractivity (Wildman–Crippen MR) is 64.3 cm³/mol. The SMILES string of the molecule is CC(C)N(CCNC(=O)C1(C)CO1)C(C)C. The van der Waals surface area contributed by atoms with E-state index in [0.29, 0.717) is 25.2 Å². The second kappa shape index (κ2) is 5.15. The number of nitrogens with one attached hydrogen (secondary N) is 1. The largest absolute Gasteiger partial charge is 0.359 e. The third kappa shape index (κ3) is 3.46. The van der Waals surface area contributed by atoms with Gasteiger partial charge in [-0.3, -0.25) is 9.69 Å². The molecule has 0 aromatic rings. The number of nitrogens with zero attached hydrogens (tertiary/aromatic N) is 1. The van der Waals surface area contributed by atoms with Crippen molar-refractivity contribution in [3.8, 4) is 0 Å². The van der Waals surface area contributed by atoms with E-state index in [1.807, 2.05) is 6.92 Å². The molecule has 1 aliphatic heterocycles. The fourth-order valence-corrected chi connectivity index (χ4v) is 1.84. The number of amides is 1. The molecule has 0 saturated carbocycles. The van der Waals surface area contributed by atoms with Crippen LogP contribution in [0.2, 0.25) is 0 Å². The Labute approximate surface area is 98.3 Å². The van der Waals surface area contributed by atoms with E-state index >= 15 is 0 Å². The molecular weight excluding hydrogens is 204 g/mol. The van der Waals surface area contributed by atoms with E-state index in [4.69, 9.17) is 4.74 Å². The minimum atomic E-state index is -0.541. The highest BCUT2D eigenvalue weighted by Crippen LogP contribution is 2.25. The van der Waals surface area contributed by atoms with Gasteiger partial charge in [0.15, 0.2) is 5.60 Å². The molecule has 0 aromatic carbocycles. The van der Waals surface area contributed by atoms with Gasteiger partial charge in [0.1, 0.15) is 0 Å². The van der Waals surface area contributed by atoms with Gasteiger partial charge in [-0.15, -0.1) is 0 Å². The van der Waals surface area contributed by atoms with Crippen LogP contribution >= 0.6 is 0 Å². The van der Waals surface area contributed by atoms with Crippen molar-refractivity contribution < 1.29 is 9.53 Å². The summed E-state index contributed by atoms with van der Waals surface area (Å²) in [6.45, 7) is 12.6. The highest BCUT2D eigenvalue weighted by atomic mass is 16.6. The van der Waals surface area contributed by atoms with Crippen LogP contribution in [0.4, 0.5) is 0 Å². The van der Waals surface area contributed by atoms with Crippen molar-refractivity contribution in [2.24, 2.45) is 0 Å². The van der Waals surface area contributed by atoms with Crippen LogP contribution in [0.25, 0.3) is 0 Å². The Morgan fingerprint density at radius 1 is 1.38 bits per heavy atom. The summed E-state index contributed by atoms with van der Waals surface area (Å²) in [6, 6.07) is 1.01. The van der Waals surface area contributed by atoms with Crippen LogP contribution in [0, 0.1) is 0 Å². The van der Waals surface area contributed by atoms with Crippen molar-refractivity contribution in [1.29, 1.82) is 0 Å². The van der Waals surface area contributed by atoms with E-state index in [2.05, 4.69) is 37.9 Å². The van der Waals surface area contributed by atoms with Crippen molar-refractivity contribution in [3.05, 3.63) is 0 Å². The molecule has 0 bridgehead atoms. The molecule has 1 saturated heterocycles. The lowest BCUT2D eigenvalue weighted by molar-refractivity contribution is -0.125. The summed E-state index contributed by atoms with van der Waals surface area (Å²) < 4.78 is 5.08. The first-order valence-electron chi connectivity index (χ1n) is 6.05. The minimum absolute atomic E-state index is 0.0139. The summed E-state index contributed by atoms with van der Waals surface area (Å²) in [7, 11) is 0. The van der Waals surface area contributed by atoms with Crippen molar-refractivity contribution in [1.82, 2.24) is 10.2 Å². The van der Waals surface area contributed by atoms with E-state index in [9.17, 15) is 4.79 Å². The number of hydrogen-bond acceptors (Lipinski definition) is 3. The monoisotopic (exact) mass is 228 g/mol. The lowest BCUT2D eigenvalue weighted by Crippen LogP contribution is -2.44. The Morgan fingerprint density at radius 2 is 1.88 bits per heavy atom. The molecule has 94 valence electrons. The fraction of sp³-hybridized carbons (Fsp3) is 0.917. The van der Waals surface area contributed by atoms with E-state index in [-0.39, 0.29) is 5.91 Å². The highest BCUT2D eigenvalue weighted by Gasteiger charge is 2.47. The molecule has 0 spiro atoms.